The average Bonchev–Trinajstić information content (AvgIpc) is 3.05. The van der Waals surface area contributed by atoms with Gasteiger partial charge in [-0.2, -0.15) is 4.99 Å². The first-order chi connectivity index (χ1) is 14.4. The van der Waals surface area contributed by atoms with Gasteiger partial charge >= 0.3 is 5.97 Å². The van der Waals surface area contributed by atoms with Crippen LogP contribution in [0.2, 0.25) is 0 Å². The Morgan fingerprint density at radius 1 is 1.27 bits per heavy atom. The first-order valence-electron chi connectivity index (χ1n) is 8.97. The summed E-state index contributed by atoms with van der Waals surface area (Å²) in [4.78, 5) is 39.3. The topological polar surface area (TPSA) is 104 Å². The Morgan fingerprint density at radius 2 is 2.00 bits per heavy atom. The van der Waals surface area contributed by atoms with Gasteiger partial charge in [0.1, 0.15) is 0 Å². The minimum Gasteiger partial charge on any atom is -0.462 e. The van der Waals surface area contributed by atoms with Gasteiger partial charge < -0.3 is 9.30 Å². The number of thiazole rings is 1. The van der Waals surface area contributed by atoms with E-state index >= 15 is 0 Å². The van der Waals surface area contributed by atoms with Crippen molar-refractivity contribution in [3.63, 3.8) is 0 Å². The number of nitro groups is 1. The van der Waals surface area contributed by atoms with Crippen molar-refractivity contribution in [1.29, 1.82) is 0 Å². The standard InChI is InChI=1S/C21H17N3O5S/c1-3-11-23-17-10-7-15(20(26)29-4-2)13-18(17)30-21(23)22-19(25)12-14-5-8-16(9-6-14)24(27)28/h1,5-10,13H,4,11-12H2,2H3. The molecule has 0 aliphatic rings. The summed E-state index contributed by atoms with van der Waals surface area (Å²) < 4.78 is 7.50. The minimum absolute atomic E-state index is 0.00360. The summed E-state index contributed by atoms with van der Waals surface area (Å²) in [5.74, 6) is 1.71. The number of carbonyl (C=O) groups is 2. The number of ether oxygens (including phenoxy) is 1. The zero-order valence-corrected chi connectivity index (χ0v) is 16.8. The zero-order chi connectivity index (χ0) is 21.7. The number of non-ortho nitro benzene ring substituents is 1. The lowest BCUT2D eigenvalue weighted by Crippen LogP contribution is -2.17. The maximum atomic E-state index is 12.5. The molecule has 0 N–H and O–H groups in total. The highest BCUT2D eigenvalue weighted by Gasteiger charge is 2.13. The first-order valence-corrected chi connectivity index (χ1v) is 9.79. The maximum Gasteiger partial charge on any atom is 0.338 e. The van der Waals surface area contributed by atoms with Gasteiger partial charge in [-0.15, -0.1) is 6.42 Å². The smallest absolute Gasteiger partial charge is 0.338 e. The van der Waals surface area contributed by atoms with E-state index in [0.717, 1.165) is 10.2 Å². The molecule has 1 aromatic heterocycles. The summed E-state index contributed by atoms with van der Waals surface area (Å²) in [6.07, 6.45) is 5.46. The molecule has 9 heteroatoms. The average molecular weight is 423 g/mol. The number of nitrogens with zero attached hydrogens (tertiary/aromatic N) is 3. The van der Waals surface area contributed by atoms with E-state index in [2.05, 4.69) is 10.9 Å². The summed E-state index contributed by atoms with van der Waals surface area (Å²) >= 11 is 1.24. The van der Waals surface area contributed by atoms with Gasteiger partial charge in [0.2, 0.25) is 0 Å². The SMILES string of the molecule is C#CCn1c(=NC(=O)Cc2ccc([N+](=O)[O-])cc2)sc2cc(C(=O)OCC)ccc21. The molecule has 2 aromatic carbocycles. The molecule has 0 spiro atoms. The fraction of sp³-hybridized carbons (Fsp3) is 0.190. The number of hydrogen-bond acceptors (Lipinski definition) is 6. The molecule has 0 aliphatic carbocycles. The molecule has 0 atom stereocenters. The van der Waals surface area contributed by atoms with Gasteiger partial charge in [-0.1, -0.05) is 29.4 Å². The molecule has 30 heavy (non-hydrogen) atoms. The van der Waals surface area contributed by atoms with Gasteiger partial charge in [0.05, 0.1) is 40.3 Å². The second-order valence-electron chi connectivity index (χ2n) is 6.18. The molecule has 0 aliphatic heterocycles. The van der Waals surface area contributed by atoms with Crippen LogP contribution in [0.4, 0.5) is 5.69 Å². The largest absolute Gasteiger partial charge is 0.462 e. The molecule has 0 saturated carbocycles. The van der Waals surface area contributed by atoms with Gasteiger partial charge in [-0.3, -0.25) is 14.9 Å². The van der Waals surface area contributed by atoms with E-state index in [0.29, 0.717) is 15.9 Å². The second-order valence-corrected chi connectivity index (χ2v) is 7.19. The predicted molar refractivity (Wildman–Crippen MR) is 112 cm³/mol. The van der Waals surface area contributed by atoms with Gasteiger partial charge in [0, 0.05) is 12.1 Å². The Bertz CT molecular complexity index is 1230. The van der Waals surface area contributed by atoms with E-state index in [1.807, 2.05) is 0 Å². The van der Waals surface area contributed by atoms with Crippen LogP contribution in [-0.2, 0) is 22.5 Å². The number of hydrogen-bond donors (Lipinski definition) is 0. The lowest BCUT2D eigenvalue weighted by atomic mass is 10.1. The fourth-order valence-electron chi connectivity index (χ4n) is 2.80. The maximum absolute atomic E-state index is 12.5. The Balaban J connectivity index is 1.94. The quantitative estimate of drug-likeness (QED) is 0.262. The molecule has 0 unspecified atom stereocenters. The number of amides is 1. The third kappa shape index (κ3) is 4.61. The van der Waals surface area contributed by atoms with Crippen LogP contribution in [0.3, 0.4) is 0 Å². The summed E-state index contributed by atoms with van der Waals surface area (Å²) in [7, 11) is 0. The van der Waals surface area contributed by atoms with E-state index in [9.17, 15) is 19.7 Å². The van der Waals surface area contributed by atoms with E-state index in [-0.39, 0.29) is 25.3 Å². The van der Waals surface area contributed by atoms with Crippen molar-refractivity contribution in [2.45, 2.75) is 19.9 Å². The number of aromatic nitrogens is 1. The third-order valence-electron chi connectivity index (χ3n) is 4.17. The molecular formula is C21H17N3O5S. The second kappa shape index (κ2) is 9.15. The number of nitro benzene ring substituents is 1. The van der Waals surface area contributed by atoms with Gasteiger partial charge in [0.25, 0.3) is 11.6 Å². The summed E-state index contributed by atoms with van der Waals surface area (Å²) in [6, 6.07) is 10.8. The van der Waals surface area contributed by atoms with Crippen molar-refractivity contribution in [3.8, 4) is 12.3 Å². The van der Waals surface area contributed by atoms with E-state index in [1.54, 1.807) is 29.7 Å². The Morgan fingerprint density at radius 3 is 2.63 bits per heavy atom. The van der Waals surface area contributed by atoms with Crippen molar-refractivity contribution in [2.75, 3.05) is 6.61 Å². The highest BCUT2D eigenvalue weighted by Crippen LogP contribution is 2.20. The number of fused-ring (bicyclic) bond motifs is 1. The summed E-state index contributed by atoms with van der Waals surface area (Å²) in [6.45, 7) is 2.22. The Kier molecular flexibility index (Phi) is 6.39. The predicted octanol–water partition coefficient (Wildman–Crippen LogP) is 3.09. The van der Waals surface area contributed by atoms with Crippen molar-refractivity contribution >= 4 is 39.1 Å². The third-order valence-corrected chi connectivity index (χ3v) is 5.21. The van der Waals surface area contributed by atoms with Crippen LogP contribution in [0.1, 0.15) is 22.8 Å². The summed E-state index contributed by atoms with van der Waals surface area (Å²) in [5.41, 5.74) is 1.73. The molecule has 0 saturated heterocycles. The van der Waals surface area contributed by atoms with E-state index < -0.39 is 16.8 Å². The van der Waals surface area contributed by atoms with Crippen LogP contribution >= 0.6 is 11.3 Å². The van der Waals surface area contributed by atoms with Crippen LogP contribution in [0.15, 0.2) is 47.5 Å². The normalized spacial score (nSPS) is 11.3. The van der Waals surface area contributed by atoms with Crippen LogP contribution in [0.25, 0.3) is 10.2 Å². The number of rotatable bonds is 6. The van der Waals surface area contributed by atoms with Crippen LogP contribution in [0, 0.1) is 22.5 Å². The first kappa shape index (κ1) is 21.0. The number of carbonyl (C=O) groups excluding carboxylic acids is 2. The molecule has 0 bridgehead atoms. The molecular weight excluding hydrogens is 406 g/mol. The molecule has 1 heterocycles. The lowest BCUT2D eigenvalue weighted by molar-refractivity contribution is -0.384. The van der Waals surface area contributed by atoms with E-state index in [1.165, 1.54) is 35.6 Å². The van der Waals surface area contributed by atoms with Crippen molar-refractivity contribution < 1.29 is 19.2 Å². The fourth-order valence-corrected chi connectivity index (χ4v) is 3.89. The molecule has 152 valence electrons. The van der Waals surface area contributed by atoms with Crippen molar-refractivity contribution in [2.24, 2.45) is 4.99 Å². The Hall–Kier alpha value is -3.77. The van der Waals surface area contributed by atoms with Gasteiger partial charge in [-0.05, 0) is 30.7 Å². The highest BCUT2D eigenvalue weighted by atomic mass is 32.1. The number of terminal acetylenes is 1. The van der Waals surface area contributed by atoms with Gasteiger partial charge in [0.15, 0.2) is 4.80 Å². The molecule has 3 rings (SSSR count). The molecule has 0 radical (unpaired) electrons. The Labute approximate surface area is 175 Å². The summed E-state index contributed by atoms with van der Waals surface area (Å²) in [5, 5.41) is 10.7. The van der Waals surface area contributed by atoms with E-state index in [4.69, 9.17) is 11.2 Å². The molecule has 0 fully saturated rings. The highest BCUT2D eigenvalue weighted by molar-refractivity contribution is 7.16. The lowest BCUT2D eigenvalue weighted by Gasteiger charge is -2.03. The van der Waals surface area contributed by atoms with Crippen molar-refractivity contribution in [1.82, 2.24) is 4.57 Å². The molecule has 8 nitrogen and oxygen atoms in total. The van der Waals surface area contributed by atoms with Crippen LogP contribution < -0.4 is 4.80 Å². The van der Waals surface area contributed by atoms with Gasteiger partial charge in [-0.25, -0.2) is 4.79 Å². The monoisotopic (exact) mass is 423 g/mol. The minimum atomic E-state index is -0.500. The molecule has 1 amide bonds. The molecule has 3 aromatic rings. The van der Waals surface area contributed by atoms with Crippen LogP contribution in [-0.4, -0.2) is 28.0 Å². The number of benzene rings is 2. The van der Waals surface area contributed by atoms with Crippen LogP contribution in [0.5, 0.6) is 0 Å². The van der Waals surface area contributed by atoms with Crippen molar-refractivity contribution in [3.05, 3.63) is 68.5 Å². The number of esters is 1. The zero-order valence-electron chi connectivity index (χ0n) is 16.0.